The zero-order chi connectivity index (χ0) is 13.2. The molecule has 19 heavy (non-hydrogen) atoms. The Morgan fingerprint density at radius 3 is 2.68 bits per heavy atom. The van der Waals surface area contributed by atoms with Crippen LogP contribution in [0.3, 0.4) is 0 Å². The van der Waals surface area contributed by atoms with Gasteiger partial charge in [-0.3, -0.25) is 0 Å². The molecule has 1 N–H and O–H groups in total. The minimum absolute atomic E-state index is 0.575. The second-order valence-corrected chi connectivity index (χ2v) is 4.08. The molecule has 0 aliphatic rings. The highest BCUT2D eigenvalue weighted by Crippen LogP contribution is 2.07. The van der Waals surface area contributed by atoms with Gasteiger partial charge in [-0.25, -0.2) is 0 Å². The molecule has 2 rings (SSSR count). The van der Waals surface area contributed by atoms with Crippen molar-refractivity contribution in [1.82, 2.24) is 5.32 Å². The van der Waals surface area contributed by atoms with E-state index >= 15 is 0 Å². The maximum Gasteiger partial charge on any atom is 0.119 e. The number of rotatable bonds is 9. The van der Waals surface area contributed by atoms with Gasteiger partial charge in [0.05, 0.1) is 25.7 Å². The molecule has 0 bridgehead atoms. The van der Waals surface area contributed by atoms with E-state index in [2.05, 4.69) is 5.32 Å². The van der Waals surface area contributed by atoms with Crippen molar-refractivity contribution in [3.8, 4) is 5.75 Å². The largest absolute Gasteiger partial charge is 0.491 e. The second-order valence-electron chi connectivity index (χ2n) is 4.08. The number of nitrogens with one attached hydrogen (secondary N) is 1. The fraction of sp³-hybridized carbons (Fsp3) is 0.333. The van der Waals surface area contributed by atoms with Crippen LogP contribution in [0.2, 0.25) is 0 Å². The van der Waals surface area contributed by atoms with Crippen molar-refractivity contribution in [2.75, 3.05) is 26.4 Å². The third kappa shape index (κ3) is 5.59. The van der Waals surface area contributed by atoms with Gasteiger partial charge in [0.15, 0.2) is 0 Å². The minimum atomic E-state index is 0.575. The fourth-order valence-corrected chi connectivity index (χ4v) is 1.61. The Morgan fingerprint density at radius 1 is 1.00 bits per heavy atom. The van der Waals surface area contributed by atoms with E-state index in [1.54, 1.807) is 12.5 Å². The van der Waals surface area contributed by atoms with E-state index in [-0.39, 0.29) is 0 Å². The van der Waals surface area contributed by atoms with Crippen LogP contribution in [0.5, 0.6) is 5.75 Å². The summed E-state index contributed by atoms with van der Waals surface area (Å²) in [5, 5.41) is 3.27. The van der Waals surface area contributed by atoms with Gasteiger partial charge in [0.25, 0.3) is 0 Å². The van der Waals surface area contributed by atoms with Gasteiger partial charge >= 0.3 is 0 Å². The molecule has 1 aromatic heterocycles. The van der Waals surface area contributed by atoms with E-state index in [0.717, 1.165) is 24.4 Å². The molecule has 1 aromatic carbocycles. The summed E-state index contributed by atoms with van der Waals surface area (Å²) in [5.74, 6) is 0.879. The SMILES string of the molecule is c1ccc(OCCOCCNCc2ccoc2)cc1. The third-order valence-electron chi connectivity index (χ3n) is 2.57. The lowest BCUT2D eigenvalue weighted by Gasteiger charge is -2.07. The van der Waals surface area contributed by atoms with Gasteiger partial charge in [0, 0.05) is 18.7 Å². The van der Waals surface area contributed by atoms with Crippen molar-refractivity contribution in [3.05, 3.63) is 54.5 Å². The van der Waals surface area contributed by atoms with Crippen LogP contribution in [0.1, 0.15) is 5.56 Å². The average Bonchev–Trinajstić information content (AvgIpc) is 2.96. The minimum Gasteiger partial charge on any atom is -0.491 e. The highest BCUT2D eigenvalue weighted by molar-refractivity contribution is 5.20. The lowest BCUT2D eigenvalue weighted by atomic mass is 10.3. The second kappa shape index (κ2) is 8.34. The Kier molecular flexibility index (Phi) is 5.99. The summed E-state index contributed by atoms with van der Waals surface area (Å²) in [6.07, 6.45) is 3.41. The van der Waals surface area contributed by atoms with Crippen LogP contribution >= 0.6 is 0 Å². The van der Waals surface area contributed by atoms with Crippen molar-refractivity contribution in [1.29, 1.82) is 0 Å². The Labute approximate surface area is 113 Å². The number of para-hydroxylation sites is 1. The van der Waals surface area contributed by atoms with Gasteiger partial charge in [-0.1, -0.05) is 18.2 Å². The Bertz CT molecular complexity index is 428. The van der Waals surface area contributed by atoms with E-state index in [1.807, 2.05) is 36.4 Å². The quantitative estimate of drug-likeness (QED) is 0.704. The van der Waals surface area contributed by atoms with E-state index in [9.17, 15) is 0 Å². The molecular weight excluding hydrogens is 242 g/mol. The molecule has 0 aliphatic heterocycles. The van der Waals surface area contributed by atoms with Gasteiger partial charge in [-0.05, 0) is 18.2 Å². The third-order valence-corrected chi connectivity index (χ3v) is 2.57. The first kappa shape index (κ1) is 13.6. The van der Waals surface area contributed by atoms with Gasteiger partial charge < -0.3 is 19.2 Å². The Balaban J connectivity index is 1.42. The summed E-state index contributed by atoms with van der Waals surface area (Å²) >= 11 is 0. The molecule has 102 valence electrons. The summed E-state index contributed by atoms with van der Waals surface area (Å²) in [4.78, 5) is 0. The smallest absolute Gasteiger partial charge is 0.119 e. The number of benzene rings is 1. The number of hydrogen-bond acceptors (Lipinski definition) is 4. The van der Waals surface area contributed by atoms with Crippen LogP contribution in [0.25, 0.3) is 0 Å². The number of ether oxygens (including phenoxy) is 2. The molecule has 0 aliphatic carbocycles. The molecule has 0 atom stereocenters. The molecule has 4 heteroatoms. The first-order valence-electron chi connectivity index (χ1n) is 6.42. The zero-order valence-corrected chi connectivity index (χ0v) is 10.9. The topological polar surface area (TPSA) is 43.6 Å². The summed E-state index contributed by atoms with van der Waals surface area (Å²) < 4.78 is 16.0. The fourth-order valence-electron chi connectivity index (χ4n) is 1.61. The molecule has 1 heterocycles. The van der Waals surface area contributed by atoms with Crippen LogP contribution < -0.4 is 10.1 Å². The van der Waals surface area contributed by atoms with Gasteiger partial charge in [-0.2, -0.15) is 0 Å². The molecule has 0 saturated carbocycles. The average molecular weight is 261 g/mol. The molecule has 4 nitrogen and oxygen atoms in total. The predicted molar refractivity (Wildman–Crippen MR) is 73.2 cm³/mol. The lowest BCUT2D eigenvalue weighted by molar-refractivity contribution is 0.102. The van der Waals surface area contributed by atoms with Crippen LogP contribution in [0.4, 0.5) is 0 Å². The molecule has 0 amide bonds. The summed E-state index contributed by atoms with van der Waals surface area (Å²) in [5.41, 5.74) is 1.15. The molecule has 0 saturated heterocycles. The predicted octanol–water partition coefficient (Wildman–Crippen LogP) is 2.46. The van der Waals surface area contributed by atoms with E-state index in [1.165, 1.54) is 0 Å². The monoisotopic (exact) mass is 261 g/mol. The van der Waals surface area contributed by atoms with E-state index < -0.39 is 0 Å². The first-order valence-corrected chi connectivity index (χ1v) is 6.42. The zero-order valence-electron chi connectivity index (χ0n) is 10.9. The molecular formula is C15H19NO3. The van der Waals surface area contributed by atoms with E-state index in [0.29, 0.717) is 19.8 Å². The summed E-state index contributed by atoms with van der Waals surface area (Å²) in [6.45, 7) is 3.47. The van der Waals surface area contributed by atoms with Crippen molar-refractivity contribution in [2.45, 2.75) is 6.54 Å². The van der Waals surface area contributed by atoms with Gasteiger partial charge in [-0.15, -0.1) is 0 Å². The Hall–Kier alpha value is -1.78. The van der Waals surface area contributed by atoms with Crippen LogP contribution in [0.15, 0.2) is 53.3 Å². The normalized spacial score (nSPS) is 10.5. The Morgan fingerprint density at radius 2 is 1.89 bits per heavy atom. The standard InChI is InChI=1S/C15H19NO3/c1-2-4-15(5-3-1)19-11-10-17-9-7-16-12-14-6-8-18-13-14/h1-6,8,13,16H,7,9-12H2. The van der Waals surface area contributed by atoms with Crippen molar-refractivity contribution in [3.63, 3.8) is 0 Å². The highest BCUT2D eigenvalue weighted by atomic mass is 16.5. The first-order chi connectivity index (χ1) is 9.45. The summed E-state index contributed by atoms with van der Waals surface area (Å²) in [6, 6.07) is 11.7. The van der Waals surface area contributed by atoms with Crippen LogP contribution in [-0.4, -0.2) is 26.4 Å². The number of hydrogen-bond donors (Lipinski definition) is 1. The van der Waals surface area contributed by atoms with Crippen LogP contribution in [-0.2, 0) is 11.3 Å². The maximum atomic E-state index is 5.51. The summed E-state index contributed by atoms with van der Waals surface area (Å²) in [7, 11) is 0. The van der Waals surface area contributed by atoms with Crippen molar-refractivity contribution in [2.24, 2.45) is 0 Å². The van der Waals surface area contributed by atoms with Crippen molar-refractivity contribution >= 4 is 0 Å². The lowest BCUT2D eigenvalue weighted by Crippen LogP contribution is -2.20. The van der Waals surface area contributed by atoms with E-state index in [4.69, 9.17) is 13.9 Å². The highest BCUT2D eigenvalue weighted by Gasteiger charge is 1.94. The molecule has 2 aromatic rings. The number of furan rings is 1. The van der Waals surface area contributed by atoms with Gasteiger partial charge in [0.1, 0.15) is 12.4 Å². The van der Waals surface area contributed by atoms with Gasteiger partial charge in [0.2, 0.25) is 0 Å². The molecule has 0 unspecified atom stereocenters. The molecule has 0 fully saturated rings. The molecule has 0 radical (unpaired) electrons. The van der Waals surface area contributed by atoms with Crippen LogP contribution in [0, 0.1) is 0 Å². The van der Waals surface area contributed by atoms with Crippen molar-refractivity contribution < 1.29 is 13.9 Å². The molecule has 0 spiro atoms. The maximum absolute atomic E-state index is 5.51.